The van der Waals surface area contributed by atoms with E-state index in [9.17, 15) is 8.78 Å². The van der Waals surface area contributed by atoms with E-state index in [1.165, 1.54) is 12.1 Å². The second-order valence-corrected chi connectivity index (χ2v) is 10.7. The van der Waals surface area contributed by atoms with Crippen molar-refractivity contribution in [3.05, 3.63) is 41.3 Å². The fraction of sp³-hybridized carbons (Fsp3) is 0.520. The summed E-state index contributed by atoms with van der Waals surface area (Å²) in [4.78, 5) is 13.7. The van der Waals surface area contributed by atoms with Gasteiger partial charge in [-0.05, 0) is 36.8 Å². The van der Waals surface area contributed by atoms with Crippen LogP contribution in [0.1, 0.15) is 38.1 Å². The van der Waals surface area contributed by atoms with Gasteiger partial charge >= 0.3 is 6.01 Å². The summed E-state index contributed by atoms with van der Waals surface area (Å²) in [5.41, 5.74) is 0.890. The van der Waals surface area contributed by atoms with E-state index in [0.717, 1.165) is 37.6 Å². The molecular weight excluding hydrogens is 466 g/mol. The van der Waals surface area contributed by atoms with Gasteiger partial charge in [0.1, 0.15) is 23.3 Å². The van der Waals surface area contributed by atoms with E-state index in [2.05, 4.69) is 39.6 Å². The van der Waals surface area contributed by atoms with Crippen LogP contribution < -0.4 is 20.4 Å². The van der Waals surface area contributed by atoms with Crippen molar-refractivity contribution in [1.82, 2.24) is 20.2 Å². The number of aromatic nitrogens is 4. The van der Waals surface area contributed by atoms with E-state index >= 15 is 0 Å². The largest absolute Gasteiger partial charge is 0.408 e. The quantitative estimate of drug-likeness (QED) is 0.538. The first-order valence-electron chi connectivity index (χ1n) is 12.4. The molecule has 0 spiro atoms. The van der Waals surface area contributed by atoms with Gasteiger partial charge in [0.25, 0.3) is 0 Å². The summed E-state index contributed by atoms with van der Waals surface area (Å²) < 4.78 is 34.1. The third-order valence-electron chi connectivity index (χ3n) is 7.73. The minimum atomic E-state index is -0.612. The first kappa shape index (κ1) is 22.9. The predicted molar refractivity (Wildman–Crippen MR) is 133 cm³/mol. The minimum Gasteiger partial charge on any atom is -0.408 e. The zero-order valence-corrected chi connectivity index (χ0v) is 20.8. The van der Waals surface area contributed by atoms with E-state index in [0.29, 0.717) is 53.6 Å². The third-order valence-corrected chi connectivity index (χ3v) is 7.73. The normalized spacial score (nSPS) is 24.2. The van der Waals surface area contributed by atoms with Crippen molar-refractivity contribution in [1.29, 1.82) is 0 Å². The predicted octanol–water partition coefficient (Wildman–Crippen LogP) is 4.24. The second-order valence-electron chi connectivity index (χ2n) is 10.7. The maximum atomic E-state index is 14.8. The van der Waals surface area contributed by atoms with Crippen LogP contribution in [0.25, 0.3) is 0 Å². The molecule has 2 aliphatic heterocycles. The highest BCUT2D eigenvalue weighted by Crippen LogP contribution is 2.47. The summed E-state index contributed by atoms with van der Waals surface area (Å²) in [5, 5.41) is 15.0. The lowest BCUT2D eigenvalue weighted by Gasteiger charge is -2.37. The van der Waals surface area contributed by atoms with Crippen molar-refractivity contribution in [3.63, 3.8) is 0 Å². The van der Waals surface area contributed by atoms with Crippen molar-refractivity contribution in [2.75, 3.05) is 47.1 Å². The standard InChI is InChI=1S/C25H30F2N8O/c1-13-32-33-24(36-13)34-10-14-5-6-15(11-34)20(14)29-23-30-21(28-4)19-22(31-23)35(12-25(19,2)3)18-8-7-16(26)9-17(18)27/h7-9,14-15,20H,5-6,10-12H2,1-4H3,(H2,28,29,30,31)/t14-,15+,20+. The van der Waals surface area contributed by atoms with Crippen LogP contribution in [0.4, 0.5) is 38.1 Å². The van der Waals surface area contributed by atoms with Gasteiger partial charge in [0.2, 0.25) is 11.8 Å². The fourth-order valence-corrected chi connectivity index (χ4v) is 6.14. The number of aryl methyl sites for hydroxylation is 1. The molecule has 0 unspecified atom stereocenters. The Balaban J connectivity index is 1.32. The van der Waals surface area contributed by atoms with Crippen LogP contribution in [0.5, 0.6) is 0 Å². The summed E-state index contributed by atoms with van der Waals surface area (Å²) in [6.45, 7) is 8.11. The summed E-state index contributed by atoms with van der Waals surface area (Å²) in [7, 11) is 1.83. The van der Waals surface area contributed by atoms with Gasteiger partial charge in [-0.2, -0.15) is 9.97 Å². The molecule has 0 amide bonds. The number of rotatable bonds is 5. The molecule has 4 heterocycles. The van der Waals surface area contributed by atoms with Crippen molar-refractivity contribution in [2.45, 2.75) is 45.1 Å². The summed E-state index contributed by atoms with van der Waals surface area (Å²) in [6, 6.07) is 4.45. The lowest BCUT2D eigenvalue weighted by molar-refractivity contribution is 0.357. The number of benzene rings is 1. The number of hydrogen-bond donors (Lipinski definition) is 2. The minimum absolute atomic E-state index is 0.207. The van der Waals surface area contributed by atoms with Crippen LogP contribution in [0, 0.1) is 30.4 Å². The molecule has 190 valence electrons. The van der Waals surface area contributed by atoms with Gasteiger partial charge < -0.3 is 24.9 Å². The van der Waals surface area contributed by atoms with Crippen molar-refractivity contribution >= 4 is 29.3 Å². The van der Waals surface area contributed by atoms with Crippen LogP contribution in [0.15, 0.2) is 22.6 Å². The number of nitrogens with one attached hydrogen (secondary N) is 2. The highest BCUT2D eigenvalue weighted by Gasteiger charge is 2.45. The van der Waals surface area contributed by atoms with Gasteiger partial charge in [0, 0.05) is 56.7 Å². The maximum absolute atomic E-state index is 14.8. The van der Waals surface area contributed by atoms with Crippen LogP contribution in [-0.4, -0.2) is 52.9 Å². The topological polar surface area (TPSA) is 95.2 Å². The monoisotopic (exact) mass is 496 g/mol. The van der Waals surface area contributed by atoms with E-state index in [1.807, 2.05) is 11.9 Å². The Kier molecular flexibility index (Phi) is 5.27. The van der Waals surface area contributed by atoms with Gasteiger partial charge in [-0.15, -0.1) is 5.10 Å². The molecule has 1 aliphatic carbocycles. The van der Waals surface area contributed by atoms with E-state index in [1.54, 1.807) is 6.92 Å². The average molecular weight is 497 g/mol. The lowest BCUT2D eigenvalue weighted by Crippen LogP contribution is -2.48. The molecule has 9 nitrogen and oxygen atoms in total. The lowest BCUT2D eigenvalue weighted by atomic mass is 9.88. The van der Waals surface area contributed by atoms with Crippen molar-refractivity contribution < 1.29 is 13.2 Å². The molecular formula is C25H30F2N8O. The highest BCUT2D eigenvalue weighted by molar-refractivity contribution is 5.76. The first-order valence-corrected chi connectivity index (χ1v) is 12.4. The molecule has 1 saturated heterocycles. The smallest absolute Gasteiger partial charge is 0.318 e. The highest BCUT2D eigenvalue weighted by atomic mass is 19.1. The Morgan fingerprint density at radius 3 is 2.47 bits per heavy atom. The Morgan fingerprint density at radius 1 is 1.08 bits per heavy atom. The van der Waals surface area contributed by atoms with E-state index in [4.69, 9.17) is 14.4 Å². The maximum Gasteiger partial charge on any atom is 0.318 e. The number of hydrogen-bond acceptors (Lipinski definition) is 9. The van der Waals surface area contributed by atoms with Crippen LogP contribution in [0.2, 0.25) is 0 Å². The zero-order chi connectivity index (χ0) is 25.2. The molecule has 6 rings (SSSR count). The summed E-state index contributed by atoms with van der Waals surface area (Å²) in [5.74, 6) is 1.97. The van der Waals surface area contributed by atoms with Crippen molar-refractivity contribution in [2.24, 2.45) is 11.8 Å². The molecule has 1 aromatic carbocycles. The molecule has 0 radical (unpaired) electrons. The van der Waals surface area contributed by atoms with Gasteiger partial charge in [0.05, 0.1) is 5.69 Å². The van der Waals surface area contributed by atoms with Gasteiger partial charge in [-0.3, -0.25) is 0 Å². The molecule has 11 heteroatoms. The summed E-state index contributed by atoms with van der Waals surface area (Å²) >= 11 is 0. The molecule has 36 heavy (non-hydrogen) atoms. The van der Waals surface area contributed by atoms with Gasteiger partial charge in [0.15, 0.2) is 0 Å². The zero-order valence-electron chi connectivity index (χ0n) is 20.8. The van der Waals surface area contributed by atoms with Gasteiger partial charge in [-0.1, -0.05) is 18.9 Å². The Hall–Kier alpha value is -3.50. The third kappa shape index (κ3) is 3.72. The van der Waals surface area contributed by atoms with Crippen molar-refractivity contribution in [3.8, 4) is 0 Å². The molecule has 2 fully saturated rings. The van der Waals surface area contributed by atoms with Crippen LogP contribution in [-0.2, 0) is 5.41 Å². The number of halogens is 2. The molecule has 3 atom stereocenters. The molecule has 2 N–H and O–H groups in total. The van der Waals surface area contributed by atoms with Gasteiger partial charge in [-0.25, -0.2) is 8.78 Å². The Bertz CT molecular complexity index is 1300. The number of fused-ring (bicyclic) bond motifs is 3. The number of piperidine rings is 1. The van der Waals surface area contributed by atoms with E-state index < -0.39 is 11.6 Å². The fourth-order valence-electron chi connectivity index (χ4n) is 6.14. The molecule has 3 aliphatic rings. The van der Waals surface area contributed by atoms with E-state index in [-0.39, 0.29) is 11.5 Å². The SMILES string of the molecule is CNc1nc(N[C@H]2[C@@H]3CC[C@H]2CN(c2nnc(C)o2)C3)nc2c1C(C)(C)CN2c1ccc(F)cc1F. The first-order chi connectivity index (χ1) is 17.2. The van der Waals surface area contributed by atoms with Crippen LogP contribution >= 0.6 is 0 Å². The second kappa shape index (κ2) is 8.28. The Morgan fingerprint density at radius 2 is 1.83 bits per heavy atom. The number of anilines is 5. The average Bonchev–Trinajstić information content (AvgIpc) is 3.44. The summed E-state index contributed by atoms with van der Waals surface area (Å²) in [6.07, 6.45) is 2.19. The number of nitrogens with zero attached hydrogens (tertiary/aromatic N) is 6. The van der Waals surface area contributed by atoms with Crippen LogP contribution in [0.3, 0.4) is 0 Å². The Labute approximate surface area is 208 Å². The molecule has 2 aromatic heterocycles. The molecule has 2 bridgehead atoms. The molecule has 3 aromatic rings. The molecule has 1 saturated carbocycles.